The predicted octanol–water partition coefficient (Wildman–Crippen LogP) is 2.97. The van der Waals surface area contributed by atoms with Crippen molar-refractivity contribution >= 4 is 33.5 Å². The van der Waals surface area contributed by atoms with Crippen LogP contribution in [0.15, 0.2) is 46.9 Å². The Kier molecular flexibility index (Phi) is 4.47. The summed E-state index contributed by atoms with van der Waals surface area (Å²) in [5.74, 6) is 0.0453. The number of rotatable bonds is 4. The Morgan fingerprint density at radius 3 is 2.61 bits per heavy atom. The first kappa shape index (κ1) is 15.4. The third kappa shape index (κ3) is 3.81. The minimum Gasteiger partial charge on any atom is -0.454 e. The van der Waals surface area contributed by atoms with Crippen molar-refractivity contribution in [2.24, 2.45) is 0 Å². The molecule has 0 radical (unpaired) electrons. The zero-order chi connectivity index (χ0) is 16.2. The van der Waals surface area contributed by atoms with Gasteiger partial charge in [0.2, 0.25) is 6.79 Å². The van der Waals surface area contributed by atoms with E-state index in [-0.39, 0.29) is 13.4 Å². The van der Waals surface area contributed by atoms with E-state index in [1.165, 1.54) is 6.07 Å². The number of halogens is 1. The van der Waals surface area contributed by atoms with E-state index in [0.717, 1.165) is 4.47 Å². The number of carbonyl (C=O) groups excluding carboxylic acids is 2. The third-order valence-corrected chi connectivity index (χ3v) is 3.60. The van der Waals surface area contributed by atoms with Crippen LogP contribution in [-0.2, 0) is 9.53 Å². The molecule has 1 heterocycles. The SMILES string of the molecule is O=C(COC(=O)c1ccc2c(c1)OCO2)Nc1ccc(Br)cc1. The van der Waals surface area contributed by atoms with Gasteiger partial charge in [0.05, 0.1) is 5.56 Å². The first-order valence-electron chi connectivity index (χ1n) is 6.74. The van der Waals surface area contributed by atoms with Crippen LogP contribution in [0.3, 0.4) is 0 Å². The van der Waals surface area contributed by atoms with Crippen LogP contribution in [0.4, 0.5) is 5.69 Å². The van der Waals surface area contributed by atoms with Crippen molar-refractivity contribution in [3.05, 3.63) is 52.5 Å². The molecule has 0 spiro atoms. The number of anilines is 1. The lowest BCUT2D eigenvalue weighted by atomic mass is 10.2. The molecule has 3 rings (SSSR count). The van der Waals surface area contributed by atoms with E-state index in [1.807, 2.05) is 0 Å². The number of fused-ring (bicyclic) bond motifs is 1. The molecule has 0 saturated heterocycles. The highest BCUT2D eigenvalue weighted by molar-refractivity contribution is 9.10. The Morgan fingerprint density at radius 2 is 1.83 bits per heavy atom. The van der Waals surface area contributed by atoms with Gasteiger partial charge in [-0.2, -0.15) is 0 Å². The third-order valence-electron chi connectivity index (χ3n) is 3.07. The number of benzene rings is 2. The molecule has 0 saturated carbocycles. The number of amides is 1. The molecule has 6 nitrogen and oxygen atoms in total. The van der Waals surface area contributed by atoms with Crippen LogP contribution in [0.1, 0.15) is 10.4 Å². The van der Waals surface area contributed by atoms with Crippen molar-refractivity contribution in [1.29, 1.82) is 0 Å². The van der Waals surface area contributed by atoms with E-state index in [4.69, 9.17) is 14.2 Å². The van der Waals surface area contributed by atoms with Crippen molar-refractivity contribution in [1.82, 2.24) is 0 Å². The van der Waals surface area contributed by atoms with Gasteiger partial charge in [0, 0.05) is 10.2 Å². The molecule has 0 bridgehead atoms. The second-order valence-electron chi connectivity index (χ2n) is 4.70. The first-order chi connectivity index (χ1) is 11.1. The van der Waals surface area contributed by atoms with E-state index >= 15 is 0 Å². The van der Waals surface area contributed by atoms with Crippen molar-refractivity contribution in [2.75, 3.05) is 18.7 Å². The molecule has 1 aliphatic rings. The lowest BCUT2D eigenvalue weighted by Gasteiger charge is -2.07. The maximum Gasteiger partial charge on any atom is 0.338 e. The number of hydrogen-bond acceptors (Lipinski definition) is 5. The smallest absolute Gasteiger partial charge is 0.338 e. The van der Waals surface area contributed by atoms with Gasteiger partial charge in [-0.1, -0.05) is 15.9 Å². The summed E-state index contributed by atoms with van der Waals surface area (Å²) in [6, 6.07) is 11.8. The second-order valence-corrected chi connectivity index (χ2v) is 5.61. The van der Waals surface area contributed by atoms with Crippen molar-refractivity contribution in [3.63, 3.8) is 0 Å². The van der Waals surface area contributed by atoms with Gasteiger partial charge in [-0.3, -0.25) is 4.79 Å². The molecule has 23 heavy (non-hydrogen) atoms. The molecule has 0 atom stereocenters. The second kappa shape index (κ2) is 6.70. The highest BCUT2D eigenvalue weighted by atomic mass is 79.9. The Bertz CT molecular complexity index is 745. The summed E-state index contributed by atoms with van der Waals surface area (Å²) in [4.78, 5) is 23.7. The summed E-state index contributed by atoms with van der Waals surface area (Å²) < 4.78 is 16.3. The Labute approximate surface area is 140 Å². The number of hydrogen-bond donors (Lipinski definition) is 1. The predicted molar refractivity (Wildman–Crippen MR) is 85.6 cm³/mol. The molecule has 2 aromatic rings. The Balaban J connectivity index is 1.54. The average Bonchev–Trinajstić information content (AvgIpc) is 3.02. The minimum atomic E-state index is -0.603. The van der Waals surface area contributed by atoms with E-state index in [9.17, 15) is 9.59 Å². The summed E-state index contributed by atoms with van der Waals surface area (Å²) in [6.45, 7) is -0.243. The van der Waals surface area contributed by atoms with Gasteiger partial charge >= 0.3 is 5.97 Å². The molecule has 0 unspecified atom stereocenters. The van der Waals surface area contributed by atoms with Gasteiger partial charge < -0.3 is 19.5 Å². The van der Waals surface area contributed by atoms with Crippen LogP contribution in [0.5, 0.6) is 11.5 Å². The molecule has 1 N–H and O–H groups in total. The van der Waals surface area contributed by atoms with E-state index in [1.54, 1.807) is 36.4 Å². The van der Waals surface area contributed by atoms with Crippen LogP contribution >= 0.6 is 15.9 Å². The fourth-order valence-electron chi connectivity index (χ4n) is 1.97. The lowest BCUT2D eigenvalue weighted by molar-refractivity contribution is -0.119. The number of nitrogens with one attached hydrogen (secondary N) is 1. The van der Waals surface area contributed by atoms with Gasteiger partial charge in [0.25, 0.3) is 5.91 Å². The summed E-state index contributed by atoms with van der Waals surface area (Å²) >= 11 is 3.31. The molecular weight excluding hydrogens is 366 g/mol. The average molecular weight is 378 g/mol. The Hall–Kier alpha value is -2.54. The quantitative estimate of drug-likeness (QED) is 0.829. The van der Waals surface area contributed by atoms with Gasteiger partial charge in [-0.25, -0.2) is 4.79 Å². The number of carbonyl (C=O) groups is 2. The molecule has 1 aliphatic heterocycles. The summed E-state index contributed by atoms with van der Waals surface area (Å²) in [5, 5.41) is 2.64. The maximum atomic E-state index is 11.9. The van der Waals surface area contributed by atoms with Crippen LogP contribution in [0, 0.1) is 0 Å². The van der Waals surface area contributed by atoms with Crippen LogP contribution in [-0.4, -0.2) is 25.3 Å². The standard InChI is InChI=1S/C16H12BrNO5/c17-11-2-4-12(5-3-11)18-15(19)8-21-16(20)10-1-6-13-14(7-10)23-9-22-13/h1-7H,8-9H2,(H,18,19). The molecule has 118 valence electrons. The number of esters is 1. The van der Waals surface area contributed by atoms with Gasteiger partial charge in [0.15, 0.2) is 18.1 Å². The first-order valence-corrected chi connectivity index (χ1v) is 7.53. The van der Waals surface area contributed by atoms with Gasteiger partial charge in [-0.15, -0.1) is 0 Å². The van der Waals surface area contributed by atoms with Crippen LogP contribution < -0.4 is 14.8 Å². The Morgan fingerprint density at radius 1 is 1.09 bits per heavy atom. The lowest BCUT2D eigenvalue weighted by Crippen LogP contribution is -2.20. The monoisotopic (exact) mass is 377 g/mol. The van der Waals surface area contributed by atoms with Crippen LogP contribution in [0.25, 0.3) is 0 Å². The molecule has 0 aromatic heterocycles. The topological polar surface area (TPSA) is 73.9 Å². The molecule has 0 fully saturated rings. The highest BCUT2D eigenvalue weighted by Gasteiger charge is 2.17. The fraction of sp³-hybridized carbons (Fsp3) is 0.125. The van der Waals surface area contributed by atoms with E-state index in [2.05, 4.69) is 21.2 Å². The molecule has 0 aliphatic carbocycles. The zero-order valence-electron chi connectivity index (χ0n) is 11.9. The molecule has 2 aromatic carbocycles. The van der Waals surface area contributed by atoms with E-state index < -0.39 is 11.9 Å². The number of ether oxygens (including phenoxy) is 3. The van der Waals surface area contributed by atoms with Gasteiger partial charge in [-0.05, 0) is 42.5 Å². The maximum absolute atomic E-state index is 11.9. The summed E-state index contributed by atoms with van der Waals surface area (Å²) in [6.07, 6.45) is 0. The summed E-state index contributed by atoms with van der Waals surface area (Å²) in [7, 11) is 0. The van der Waals surface area contributed by atoms with Crippen molar-refractivity contribution in [3.8, 4) is 11.5 Å². The van der Waals surface area contributed by atoms with Gasteiger partial charge in [0.1, 0.15) is 0 Å². The van der Waals surface area contributed by atoms with Crippen LogP contribution in [0.2, 0.25) is 0 Å². The highest BCUT2D eigenvalue weighted by Crippen LogP contribution is 2.32. The fourth-order valence-corrected chi connectivity index (χ4v) is 2.23. The largest absolute Gasteiger partial charge is 0.454 e. The molecule has 7 heteroatoms. The van der Waals surface area contributed by atoms with Crippen molar-refractivity contribution < 1.29 is 23.8 Å². The molecular formula is C16H12BrNO5. The van der Waals surface area contributed by atoms with Crippen molar-refractivity contribution in [2.45, 2.75) is 0 Å². The normalized spacial score (nSPS) is 11.9. The van der Waals surface area contributed by atoms with E-state index in [0.29, 0.717) is 22.7 Å². The summed E-state index contributed by atoms with van der Waals surface area (Å²) in [5.41, 5.74) is 0.919. The molecule has 1 amide bonds. The zero-order valence-corrected chi connectivity index (χ0v) is 13.5. The minimum absolute atomic E-state index is 0.128.